The Morgan fingerprint density at radius 2 is 1.96 bits per heavy atom. The lowest BCUT2D eigenvalue weighted by Gasteiger charge is -2.18. The molecule has 2 N–H and O–H groups in total. The molecule has 9 heteroatoms. The molecule has 0 radical (unpaired) electrons. The van der Waals surface area contributed by atoms with Gasteiger partial charge in [-0.25, -0.2) is 0 Å². The number of carbonyl (C=O) groups is 2. The van der Waals surface area contributed by atoms with Gasteiger partial charge in [-0.3, -0.25) is 9.59 Å². The minimum atomic E-state index is -4.88. The highest BCUT2D eigenvalue weighted by molar-refractivity contribution is 6.06. The number of para-hydroxylation sites is 2. The Morgan fingerprint density at radius 3 is 2.72 bits per heavy atom. The molecule has 2 amide bonds. The summed E-state index contributed by atoms with van der Waals surface area (Å²) in [4.78, 5) is 23.5. The molecule has 0 saturated heterocycles. The summed E-state index contributed by atoms with van der Waals surface area (Å²) in [5, 5.41) is 4.93. The van der Waals surface area contributed by atoms with Gasteiger partial charge in [0.25, 0.3) is 11.8 Å². The summed E-state index contributed by atoms with van der Waals surface area (Å²) < 4.78 is 46.3. The van der Waals surface area contributed by atoms with Crippen LogP contribution in [0.3, 0.4) is 0 Å². The van der Waals surface area contributed by atoms with Crippen LogP contribution in [0.2, 0.25) is 0 Å². The van der Waals surface area contributed by atoms with Crippen molar-refractivity contribution in [1.82, 2.24) is 0 Å². The number of halogens is 3. The minimum absolute atomic E-state index is 0.128. The fraction of sp³-hybridized carbons (Fsp3) is 0.125. The van der Waals surface area contributed by atoms with E-state index in [0.29, 0.717) is 11.4 Å². The number of anilines is 2. The second-order valence-electron chi connectivity index (χ2n) is 5.05. The standard InChI is InChI=1S/C16H11F3N2O4/c17-16(18,19)25-12-4-2-1-3-10(12)21-15(23)9-5-6-11-13(7-9)24-8-14(22)20-11/h1-7H,8H2,(H,20,22)(H,21,23). The molecule has 2 aromatic rings. The summed E-state index contributed by atoms with van der Waals surface area (Å²) in [7, 11) is 0. The lowest BCUT2D eigenvalue weighted by molar-refractivity contribution is -0.274. The third-order valence-corrected chi connectivity index (χ3v) is 3.24. The van der Waals surface area contributed by atoms with Gasteiger partial charge in [0.15, 0.2) is 12.4 Å². The third kappa shape index (κ3) is 4.00. The molecule has 0 aliphatic carbocycles. The van der Waals surface area contributed by atoms with Crippen LogP contribution in [0.4, 0.5) is 24.5 Å². The van der Waals surface area contributed by atoms with Crippen LogP contribution in [0, 0.1) is 0 Å². The van der Waals surface area contributed by atoms with E-state index in [-0.39, 0.29) is 23.8 Å². The predicted molar refractivity (Wildman–Crippen MR) is 81.6 cm³/mol. The van der Waals surface area contributed by atoms with E-state index in [2.05, 4.69) is 15.4 Å². The molecule has 25 heavy (non-hydrogen) atoms. The van der Waals surface area contributed by atoms with E-state index in [1.807, 2.05) is 0 Å². The van der Waals surface area contributed by atoms with Gasteiger partial charge in [0.2, 0.25) is 0 Å². The summed E-state index contributed by atoms with van der Waals surface area (Å²) in [6.07, 6.45) is -4.88. The summed E-state index contributed by atoms with van der Waals surface area (Å²) in [5.41, 5.74) is 0.432. The smallest absolute Gasteiger partial charge is 0.482 e. The van der Waals surface area contributed by atoms with E-state index in [1.165, 1.54) is 36.4 Å². The number of benzene rings is 2. The van der Waals surface area contributed by atoms with Crippen molar-refractivity contribution in [2.75, 3.05) is 17.2 Å². The van der Waals surface area contributed by atoms with Gasteiger partial charge in [-0.05, 0) is 30.3 Å². The number of rotatable bonds is 3. The van der Waals surface area contributed by atoms with Gasteiger partial charge < -0.3 is 20.1 Å². The first kappa shape index (κ1) is 16.6. The zero-order valence-corrected chi connectivity index (χ0v) is 12.5. The van der Waals surface area contributed by atoms with Gasteiger partial charge in [0.05, 0.1) is 11.4 Å². The first-order valence-corrected chi connectivity index (χ1v) is 7.05. The number of hydrogen-bond acceptors (Lipinski definition) is 4. The van der Waals surface area contributed by atoms with Crippen LogP contribution in [0.5, 0.6) is 11.5 Å². The Labute approximate surface area is 139 Å². The van der Waals surface area contributed by atoms with Gasteiger partial charge in [-0.1, -0.05) is 12.1 Å². The maximum absolute atomic E-state index is 12.4. The van der Waals surface area contributed by atoms with E-state index in [4.69, 9.17) is 4.74 Å². The molecule has 3 rings (SSSR count). The summed E-state index contributed by atoms with van der Waals surface area (Å²) >= 11 is 0. The molecule has 130 valence electrons. The number of nitrogens with one attached hydrogen (secondary N) is 2. The normalized spacial score (nSPS) is 13.3. The average molecular weight is 352 g/mol. The number of amides is 2. The van der Waals surface area contributed by atoms with Gasteiger partial charge in [0.1, 0.15) is 5.75 Å². The molecule has 0 bridgehead atoms. The van der Waals surface area contributed by atoms with Crippen LogP contribution in [0.15, 0.2) is 42.5 Å². The molecule has 0 spiro atoms. The van der Waals surface area contributed by atoms with Crippen LogP contribution in [0.25, 0.3) is 0 Å². The summed E-state index contributed by atoms with van der Waals surface area (Å²) in [6.45, 7) is -0.180. The zero-order chi connectivity index (χ0) is 18.0. The van der Waals surface area contributed by atoms with Crippen LogP contribution >= 0.6 is 0 Å². The number of ether oxygens (including phenoxy) is 2. The molecule has 0 unspecified atom stereocenters. The van der Waals surface area contributed by atoms with Gasteiger partial charge in [-0.15, -0.1) is 13.2 Å². The summed E-state index contributed by atoms with van der Waals surface area (Å²) in [5.74, 6) is -1.19. The van der Waals surface area contributed by atoms with Crippen molar-refractivity contribution in [3.8, 4) is 11.5 Å². The van der Waals surface area contributed by atoms with Crippen molar-refractivity contribution in [3.05, 3.63) is 48.0 Å². The van der Waals surface area contributed by atoms with Crippen LogP contribution in [-0.2, 0) is 4.79 Å². The molecule has 0 aromatic heterocycles. The Hall–Kier alpha value is -3.23. The molecule has 1 heterocycles. The van der Waals surface area contributed by atoms with E-state index in [1.54, 1.807) is 0 Å². The SMILES string of the molecule is O=C1COc2cc(C(=O)Nc3ccccc3OC(F)(F)F)ccc2N1. The predicted octanol–water partition coefficient (Wildman–Crippen LogP) is 3.17. The average Bonchev–Trinajstić information content (AvgIpc) is 2.54. The quantitative estimate of drug-likeness (QED) is 0.890. The Balaban J connectivity index is 1.80. The number of alkyl halides is 3. The van der Waals surface area contributed by atoms with Crippen molar-refractivity contribution >= 4 is 23.2 Å². The minimum Gasteiger partial charge on any atom is -0.482 e. The van der Waals surface area contributed by atoms with E-state index >= 15 is 0 Å². The van der Waals surface area contributed by atoms with Crippen molar-refractivity contribution < 1.29 is 32.2 Å². The van der Waals surface area contributed by atoms with Crippen molar-refractivity contribution in [3.63, 3.8) is 0 Å². The van der Waals surface area contributed by atoms with Crippen LogP contribution in [-0.4, -0.2) is 24.8 Å². The zero-order valence-electron chi connectivity index (χ0n) is 12.5. The number of fused-ring (bicyclic) bond motifs is 1. The molecule has 0 fully saturated rings. The molecule has 1 aliphatic rings. The van der Waals surface area contributed by atoms with Crippen molar-refractivity contribution in [2.45, 2.75) is 6.36 Å². The molecule has 0 atom stereocenters. The Morgan fingerprint density at radius 1 is 1.20 bits per heavy atom. The van der Waals surface area contributed by atoms with Gasteiger partial charge in [0, 0.05) is 5.56 Å². The lowest BCUT2D eigenvalue weighted by atomic mass is 10.1. The van der Waals surface area contributed by atoms with E-state index in [9.17, 15) is 22.8 Å². The number of hydrogen-bond donors (Lipinski definition) is 2. The second-order valence-corrected chi connectivity index (χ2v) is 5.05. The van der Waals surface area contributed by atoms with Gasteiger partial charge >= 0.3 is 6.36 Å². The van der Waals surface area contributed by atoms with E-state index in [0.717, 1.165) is 6.07 Å². The monoisotopic (exact) mass is 352 g/mol. The van der Waals surface area contributed by atoms with Crippen molar-refractivity contribution in [2.24, 2.45) is 0 Å². The first-order valence-electron chi connectivity index (χ1n) is 7.05. The molecule has 2 aromatic carbocycles. The summed E-state index contributed by atoms with van der Waals surface area (Å²) in [6, 6.07) is 9.46. The van der Waals surface area contributed by atoms with Crippen molar-refractivity contribution in [1.29, 1.82) is 0 Å². The topological polar surface area (TPSA) is 76.7 Å². The Kier molecular flexibility index (Phi) is 4.22. The largest absolute Gasteiger partial charge is 0.573 e. The molecular formula is C16H11F3N2O4. The fourth-order valence-corrected chi connectivity index (χ4v) is 2.19. The maximum atomic E-state index is 12.4. The van der Waals surface area contributed by atoms with E-state index < -0.39 is 18.0 Å². The highest BCUT2D eigenvalue weighted by atomic mass is 19.4. The molecular weight excluding hydrogens is 341 g/mol. The van der Waals surface area contributed by atoms with Gasteiger partial charge in [-0.2, -0.15) is 0 Å². The Bertz CT molecular complexity index is 836. The van der Waals surface area contributed by atoms with Crippen LogP contribution < -0.4 is 20.1 Å². The lowest BCUT2D eigenvalue weighted by Crippen LogP contribution is -2.25. The molecule has 1 aliphatic heterocycles. The third-order valence-electron chi connectivity index (χ3n) is 3.24. The molecule has 6 nitrogen and oxygen atoms in total. The number of carbonyl (C=O) groups excluding carboxylic acids is 2. The highest BCUT2D eigenvalue weighted by Crippen LogP contribution is 2.32. The highest BCUT2D eigenvalue weighted by Gasteiger charge is 2.32. The molecule has 0 saturated carbocycles. The fourth-order valence-electron chi connectivity index (χ4n) is 2.19. The van der Waals surface area contributed by atoms with Crippen LogP contribution in [0.1, 0.15) is 10.4 Å². The second kappa shape index (κ2) is 6.34. The maximum Gasteiger partial charge on any atom is 0.573 e. The first-order chi connectivity index (χ1) is 11.8.